The molecular weight excluding hydrogens is 276 g/mol. The lowest BCUT2D eigenvalue weighted by atomic mass is 10.2. The quantitative estimate of drug-likeness (QED) is 0.782. The van der Waals surface area contributed by atoms with E-state index in [1.165, 1.54) is 18.5 Å². The molecule has 102 valence electrons. The van der Waals surface area contributed by atoms with E-state index in [-0.39, 0.29) is 10.5 Å². The first kappa shape index (κ1) is 12.7. The van der Waals surface area contributed by atoms with Gasteiger partial charge in [0.05, 0.1) is 15.8 Å². The first-order chi connectivity index (χ1) is 9.50. The molecule has 0 unspecified atom stereocenters. The zero-order valence-corrected chi connectivity index (χ0v) is 11.5. The van der Waals surface area contributed by atoms with Gasteiger partial charge in [-0.3, -0.25) is 4.79 Å². The predicted molar refractivity (Wildman–Crippen MR) is 76.3 cm³/mol. The molecule has 0 saturated heterocycles. The van der Waals surface area contributed by atoms with Gasteiger partial charge >= 0.3 is 0 Å². The molecule has 0 aliphatic heterocycles. The average molecular weight is 288 g/mol. The Kier molecular flexibility index (Phi) is 2.76. The molecular formula is C14H12N2O3S. The standard InChI is InChI=1S/C14H12N2O3S/c1-10-2-4-11(5-3-10)20(18,19)16-9-7-12-13(16)6-8-15-14(12)17/h2-9H,1H3,(H,15,17). The monoisotopic (exact) mass is 288 g/mol. The van der Waals surface area contributed by atoms with Crippen molar-refractivity contribution in [3.8, 4) is 0 Å². The maximum absolute atomic E-state index is 12.6. The minimum atomic E-state index is -3.69. The highest BCUT2D eigenvalue weighted by Crippen LogP contribution is 2.20. The number of H-pyrrole nitrogens is 1. The van der Waals surface area contributed by atoms with Crippen molar-refractivity contribution in [2.75, 3.05) is 0 Å². The largest absolute Gasteiger partial charge is 0.328 e. The van der Waals surface area contributed by atoms with Crippen LogP contribution in [-0.2, 0) is 10.0 Å². The molecule has 0 bridgehead atoms. The lowest BCUT2D eigenvalue weighted by Crippen LogP contribution is -2.13. The van der Waals surface area contributed by atoms with Crippen molar-refractivity contribution in [3.05, 3.63) is 64.7 Å². The number of nitrogens with zero attached hydrogens (tertiary/aromatic N) is 1. The number of pyridine rings is 1. The third-order valence-electron chi connectivity index (χ3n) is 3.17. The number of benzene rings is 1. The molecule has 0 radical (unpaired) electrons. The number of nitrogens with one attached hydrogen (secondary N) is 1. The van der Waals surface area contributed by atoms with Crippen LogP contribution in [0.25, 0.3) is 10.9 Å². The second kappa shape index (κ2) is 4.35. The summed E-state index contributed by atoms with van der Waals surface area (Å²) >= 11 is 0. The van der Waals surface area contributed by atoms with E-state index in [1.807, 2.05) is 6.92 Å². The van der Waals surface area contributed by atoms with E-state index in [0.29, 0.717) is 10.9 Å². The zero-order valence-electron chi connectivity index (χ0n) is 10.7. The molecule has 0 amide bonds. The van der Waals surface area contributed by atoms with Crippen molar-refractivity contribution in [3.63, 3.8) is 0 Å². The zero-order chi connectivity index (χ0) is 14.3. The summed E-state index contributed by atoms with van der Waals surface area (Å²) in [5, 5.41) is 0.350. The Morgan fingerprint density at radius 2 is 1.75 bits per heavy atom. The first-order valence-electron chi connectivity index (χ1n) is 6.01. The fourth-order valence-corrected chi connectivity index (χ4v) is 3.44. The number of hydrogen-bond acceptors (Lipinski definition) is 3. The van der Waals surface area contributed by atoms with Gasteiger partial charge in [0.2, 0.25) is 0 Å². The number of fused-ring (bicyclic) bond motifs is 1. The van der Waals surface area contributed by atoms with Gasteiger partial charge in [-0.25, -0.2) is 12.4 Å². The SMILES string of the molecule is Cc1ccc(S(=O)(=O)n2ccc3c(=O)[nH]ccc32)cc1. The second-order valence-corrected chi connectivity index (χ2v) is 6.35. The summed E-state index contributed by atoms with van der Waals surface area (Å²) in [7, 11) is -3.69. The Morgan fingerprint density at radius 1 is 1.05 bits per heavy atom. The van der Waals surface area contributed by atoms with Crippen molar-refractivity contribution in [2.45, 2.75) is 11.8 Å². The lowest BCUT2D eigenvalue weighted by molar-refractivity contribution is 0.589. The lowest BCUT2D eigenvalue weighted by Gasteiger charge is -2.07. The summed E-state index contributed by atoms with van der Waals surface area (Å²) < 4.78 is 26.3. The van der Waals surface area contributed by atoms with Gasteiger partial charge in [0.15, 0.2) is 0 Å². The summed E-state index contributed by atoms with van der Waals surface area (Å²) in [4.78, 5) is 14.4. The maximum Gasteiger partial charge on any atom is 0.268 e. The summed E-state index contributed by atoms with van der Waals surface area (Å²) in [6.45, 7) is 1.89. The molecule has 3 rings (SSSR count). The minimum Gasteiger partial charge on any atom is -0.328 e. The van der Waals surface area contributed by atoms with Crippen LogP contribution in [0.5, 0.6) is 0 Å². The van der Waals surface area contributed by atoms with E-state index in [4.69, 9.17) is 0 Å². The molecule has 5 nitrogen and oxygen atoms in total. The van der Waals surface area contributed by atoms with Crippen LogP contribution in [-0.4, -0.2) is 17.4 Å². The van der Waals surface area contributed by atoms with Gasteiger partial charge in [-0.2, -0.15) is 0 Å². The van der Waals surface area contributed by atoms with Crippen molar-refractivity contribution in [2.24, 2.45) is 0 Å². The van der Waals surface area contributed by atoms with E-state index < -0.39 is 10.0 Å². The molecule has 0 aliphatic carbocycles. The highest BCUT2D eigenvalue weighted by atomic mass is 32.2. The molecule has 20 heavy (non-hydrogen) atoms. The van der Waals surface area contributed by atoms with Gasteiger partial charge in [0, 0.05) is 12.4 Å². The fourth-order valence-electron chi connectivity index (χ4n) is 2.09. The average Bonchev–Trinajstić information content (AvgIpc) is 2.85. The molecule has 2 heterocycles. The normalized spacial score (nSPS) is 11.8. The van der Waals surface area contributed by atoms with Crippen LogP contribution in [0.3, 0.4) is 0 Å². The number of rotatable bonds is 2. The highest BCUT2D eigenvalue weighted by Gasteiger charge is 2.19. The molecule has 0 atom stereocenters. The predicted octanol–water partition coefficient (Wildman–Crippen LogP) is 1.88. The third-order valence-corrected chi connectivity index (χ3v) is 4.87. The van der Waals surface area contributed by atoms with Gasteiger partial charge in [-0.15, -0.1) is 0 Å². The number of hydrogen-bond donors (Lipinski definition) is 1. The van der Waals surface area contributed by atoms with Gasteiger partial charge in [-0.1, -0.05) is 17.7 Å². The summed E-state index contributed by atoms with van der Waals surface area (Å²) in [6, 6.07) is 9.67. The van der Waals surface area contributed by atoms with Crippen molar-refractivity contribution in [1.82, 2.24) is 8.96 Å². The molecule has 0 aliphatic rings. The Morgan fingerprint density at radius 3 is 2.45 bits per heavy atom. The number of aromatic amines is 1. The molecule has 0 saturated carbocycles. The molecule has 1 N–H and O–H groups in total. The van der Waals surface area contributed by atoms with E-state index >= 15 is 0 Å². The molecule has 6 heteroatoms. The van der Waals surface area contributed by atoms with Crippen LogP contribution in [0.15, 0.2) is 58.5 Å². The van der Waals surface area contributed by atoms with Crippen LogP contribution in [0, 0.1) is 6.92 Å². The van der Waals surface area contributed by atoms with Crippen molar-refractivity contribution >= 4 is 20.9 Å². The summed E-state index contributed by atoms with van der Waals surface area (Å²) in [6.07, 6.45) is 2.83. The van der Waals surface area contributed by atoms with Gasteiger partial charge in [-0.05, 0) is 31.2 Å². The van der Waals surface area contributed by atoms with E-state index in [1.54, 1.807) is 30.3 Å². The Labute approximate surface area is 115 Å². The minimum absolute atomic E-state index is 0.195. The molecule has 3 aromatic rings. The third kappa shape index (κ3) is 1.85. The van der Waals surface area contributed by atoms with Crippen molar-refractivity contribution in [1.29, 1.82) is 0 Å². The van der Waals surface area contributed by atoms with E-state index in [2.05, 4.69) is 4.98 Å². The fraction of sp³-hybridized carbons (Fsp3) is 0.0714. The topological polar surface area (TPSA) is 71.9 Å². The van der Waals surface area contributed by atoms with Crippen LogP contribution in [0.4, 0.5) is 0 Å². The maximum atomic E-state index is 12.6. The highest BCUT2D eigenvalue weighted by molar-refractivity contribution is 7.90. The first-order valence-corrected chi connectivity index (χ1v) is 7.45. The molecule has 0 fully saturated rings. The number of aryl methyl sites for hydroxylation is 1. The Bertz CT molecular complexity index is 934. The Balaban J connectivity index is 2.27. The van der Waals surface area contributed by atoms with Crippen LogP contribution < -0.4 is 5.56 Å². The van der Waals surface area contributed by atoms with Gasteiger partial charge < -0.3 is 4.98 Å². The Hall–Kier alpha value is -2.34. The van der Waals surface area contributed by atoms with E-state index in [0.717, 1.165) is 9.54 Å². The smallest absolute Gasteiger partial charge is 0.268 e. The number of aromatic nitrogens is 2. The molecule has 2 aromatic heterocycles. The van der Waals surface area contributed by atoms with Crippen molar-refractivity contribution < 1.29 is 8.42 Å². The summed E-state index contributed by atoms with van der Waals surface area (Å²) in [5.74, 6) is 0. The molecule has 1 aromatic carbocycles. The van der Waals surface area contributed by atoms with Crippen LogP contribution in [0.2, 0.25) is 0 Å². The summed E-state index contributed by atoms with van der Waals surface area (Å²) in [5.41, 5.74) is 1.05. The van der Waals surface area contributed by atoms with Gasteiger partial charge in [0.1, 0.15) is 0 Å². The van der Waals surface area contributed by atoms with Gasteiger partial charge in [0.25, 0.3) is 15.6 Å². The molecule has 0 spiro atoms. The van der Waals surface area contributed by atoms with Crippen LogP contribution in [0.1, 0.15) is 5.56 Å². The van der Waals surface area contributed by atoms with Crippen LogP contribution >= 0.6 is 0 Å². The second-order valence-electron chi connectivity index (χ2n) is 4.54. The van der Waals surface area contributed by atoms with E-state index in [9.17, 15) is 13.2 Å².